The highest BCUT2D eigenvalue weighted by molar-refractivity contribution is 9.10. The molecule has 2 rings (SSSR count). The number of carbonyl (C=O) groups excluding carboxylic acids is 1. The molecule has 4 nitrogen and oxygen atoms in total. The van der Waals surface area contributed by atoms with Crippen molar-refractivity contribution in [2.24, 2.45) is 5.92 Å². The summed E-state index contributed by atoms with van der Waals surface area (Å²) < 4.78 is 0.921. The molecule has 0 aliphatic carbocycles. The standard InChI is InChI=1S/C15H18BrN3O/c1-11(20)18-9-12-3-2-6-19(10-12)15-5-4-14(16)7-13(15)8-17/h4-5,7,12H,2-3,6,9-10H2,1H3,(H,18,20). The molecule has 1 unspecified atom stereocenters. The first-order valence-electron chi connectivity index (χ1n) is 6.79. The van der Waals surface area contributed by atoms with Gasteiger partial charge < -0.3 is 10.2 Å². The highest BCUT2D eigenvalue weighted by Gasteiger charge is 2.22. The van der Waals surface area contributed by atoms with E-state index in [0.717, 1.165) is 36.1 Å². The number of hydrogen-bond donors (Lipinski definition) is 1. The SMILES string of the molecule is CC(=O)NCC1CCCN(c2ccc(Br)cc2C#N)C1. The number of nitrogens with zero attached hydrogens (tertiary/aromatic N) is 2. The van der Waals surface area contributed by atoms with Gasteiger partial charge in [-0.2, -0.15) is 5.26 Å². The van der Waals surface area contributed by atoms with Crippen molar-refractivity contribution in [1.82, 2.24) is 5.32 Å². The normalized spacial score (nSPS) is 18.4. The van der Waals surface area contributed by atoms with Crippen LogP contribution in [0.15, 0.2) is 22.7 Å². The number of benzene rings is 1. The first kappa shape index (κ1) is 14.9. The number of carbonyl (C=O) groups is 1. The van der Waals surface area contributed by atoms with Gasteiger partial charge in [0.15, 0.2) is 0 Å². The second-order valence-electron chi connectivity index (χ2n) is 5.16. The molecule has 20 heavy (non-hydrogen) atoms. The second-order valence-corrected chi connectivity index (χ2v) is 6.08. The van der Waals surface area contributed by atoms with Crippen LogP contribution in [0.4, 0.5) is 5.69 Å². The van der Waals surface area contributed by atoms with Crippen LogP contribution in [0.3, 0.4) is 0 Å². The third-order valence-corrected chi connectivity index (χ3v) is 4.07. The highest BCUT2D eigenvalue weighted by Crippen LogP contribution is 2.28. The number of halogens is 1. The van der Waals surface area contributed by atoms with Crippen molar-refractivity contribution in [2.45, 2.75) is 19.8 Å². The summed E-state index contributed by atoms with van der Waals surface area (Å²) in [5.41, 5.74) is 1.68. The Bertz CT molecular complexity index is 538. The molecule has 0 saturated carbocycles. The van der Waals surface area contributed by atoms with Crippen molar-refractivity contribution in [1.29, 1.82) is 5.26 Å². The first-order valence-corrected chi connectivity index (χ1v) is 7.58. The van der Waals surface area contributed by atoms with E-state index >= 15 is 0 Å². The monoisotopic (exact) mass is 335 g/mol. The molecule has 1 atom stereocenters. The molecular formula is C15H18BrN3O. The molecule has 1 N–H and O–H groups in total. The molecule has 106 valence electrons. The number of rotatable bonds is 3. The average Bonchev–Trinajstić information content (AvgIpc) is 2.45. The molecular weight excluding hydrogens is 318 g/mol. The maximum atomic E-state index is 11.0. The lowest BCUT2D eigenvalue weighted by Crippen LogP contribution is -2.40. The van der Waals surface area contributed by atoms with Gasteiger partial charge in [-0.15, -0.1) is 0 Å². The molecule has 0 spiro atoms. The zero-order valence-electron chi connectivity index (χ0n) is 11.5. The Kier molecular flexibility index (Phi) is 5.02. The van der Waals surface area contributed by atoms with Crippen LogP contribution in [-0.4, -0.2) is 25.5 Å². The lowest BCUT2D eigenvalue weighted by atomic mass is 9.97. The van der Waals surface area contributed by atoms with E-state index in [0.29, 0.717) is 18.0 Å². The lowest BCUT2D eigenvalue weighted by molar-refractivity contribution is -0.119. The van der Waals surface area contributed by atoms with Crippen LogP contribution in [0.25, 0.3) is 0 Å². The summed E-state index contributed by atoms with van der Waals surface area (Å²) in [5.74, 6) is 0.464. The van der Waals surface area contributed by atoms with Crippen LogP contribution in [-0.2, 0) is 4.79 Å². The summed E-state index contributed by atoms with van der Waals surface area (Å²) in [6.45, 7) is 4.11. The average molecular weight is 336 g/mol. The smallest absolute Gasteiger partial charge is 0.216 e. The third kappa shape index (κ3) is 3.73. The summed E-state index contributed by atoms with van der Waals surface area (Å²) in [7, 11) is 0. The molecule has 1 heterocycles. The van der Waals surface area contributed by atoms with Gasteiger partial charge in [0.1, 0.15) is 6.07 Å². The van der Waals surface area contributed by atoms with Crippen molar-refractivity contribution in [3.05, 3.63) is 28.2 Å². The number of anilines is 1. The van der Waals surface area contributed by atoms with E-state index in [4.69, 9.17) is 0 Å². The van der Waals surface area contributed by atoms with Crippen molar-refractivity contribution >= 4 is 27.5 Å². The Morgan fingerprint density at radius 3 is 3.10 bits per heavy atom. The van der Waals surface area contributed by atoms with Crippen LogP contribution in [0.5, 0.6) is 0 Å². The van der Waals surface area contributed by atoms with E-state index in [-0.39, 0.29) is 5.91 Å². The maximum Gasteiger partial charge on any atom is 0.216 e. The van der Waals surface area contributed by atoms with Crippen LogP contribution >= 0.6 is 15.9 Å². The van der Waals surface area contributed by atoms with E-state index < -0.39 is 0 Å². The quantitative estimate of drug-likeness (QED) is 0.923. The Hall–Kier alpha value is -1.54. The Morgan fingerprint density at radius 1 is 1.60 bits per heavy atom. The molecule has 0 radical (unpaired) electrons. The van der Waals surface area contributed by atoms with E-state index in [1.54, 1.807) is 6.92 Å². The van der Waals surface area contributed by atoms with E-state index in [1.807, 2.05) is 18.2 Å². The molecule has 1 amide bonds. The molecule has 1 aliphatic rings. The molecule has 1 aromatic rings. The number of nitrogens with one attached hydrogen (secondary N) is 1. The van der Waals surface area contributed by atoms with Crippen molar-refractivity contribution in [3.8, 4) is 6.07 Å². The van der Waals surface area contributed by atoms with Crippen LogP contribution in [0, 0.1) is 17.2 Å². The zero-order valence-corrected chi connectivity index (χ0v) is 13.1. The second kappa shape index (κ2) is 6.76. The van der Waals surface area contributed by atoms with Gasteiger partial charge in [0.05, 0.1) is 11.3 Å². The minimum absolute atomic E-state index is 0.0171. The van der Waals surface area contributed by atoms with E-state index in [1.165, 1.54) is 0 Å². The maximum absolute atomic E-state index is 11.0. The van der Waals surface area contributed by atoms with Crippen LogP contribution in [0.2, 0.25) is 0 Å². The summed E-state index contributed by atoms with van der Waals surface area (Å²) in [6.07, 6.45) is 2.21. The number of hydrogen-bond acceptors (Lipinski definition) is 3. The number of piperidine rings is 1. The minimum Gasteiger partial charge on any atom is -0.370 e. The first-order chi connectivity index (χ1) is 9.60. The molecule has 0 bridgehead atoms. The van der Waals surface area contributed by atoms with Crippen molar-refractivity contribution in [3.63, 3.8) is 0 Å². The molecule has 1 aromatic carbocycles. The molecule has 1 fully saturated rings. The van der Waals surface area contributed by atoms with Gasteiger partial charge in [0.25, 0.3) is 0 Å². The molecule has 0 aromatic heterocycles. The predicted octanol–water partition coefficient (Wildman–Crippen LogP) is 2.67. The van der Waals surface area contributed by atoms with E-state index in [9.17, 15) is 10.1 Å². The summed E-state index contributed by atoms with van der Waals surface area (Å²) in [4.78, 5) is 13.3. The van der Waals surface area contributed by atoms with Gasteiger partial charge in [-0.3, -0.25) is 4.79 Å². The van der Waals surface area contributed by atoms with Crippen molar-refractivity contribution < 1.29 is 4.79 Å². The lowest BCUT2D eigenvalue weighted by Gasteiger charge is -2.35. The van der Waals surface area contributed by atoms with Crippen LogP contribution < -0.4 is 10.2 Å². The summed E-state index contributed by atoms with van der Waals surface area (Å²) in [5, 5.41) is 12.1. The topological polar surface area (TPSA) is 56.1 Å². The third-order valence-electron chi connectivity index (χ3n) is 3.58. The zero-order chi connectivity index (χ0) is 14.5. The van der Waals surface area contributed by atoms with Gasteiger partial charge in [-0.1, -0.05) is 15.9 Å². The fourth-order valence-corrected chi connectivity index (χ4v) is 2.97. The summed E-state index contributed by atoms with van der Waals surface area (Å²) in [6, 6.07) is 8.07. The Labute approximate surface area is 127 Å². The molecule has 1 aliphatic heterocycles. The molecule has 5 heteroatoms. The summed E-state index contributed by atoms with van der Waals surface area (Å²) >= 11 is 3.40. The number of nitriles is 1. The number of amides is 1. The Morgan fingerprint density at radius 2 is 2.40 bits per heavy atom. The Balaban J connectivity index is 2.09. The van der Waals surface area contributed by atoms with Gasteiger partial charge in [-0.25, -0.2) is 0 Å². The predicted molar refractivity (Wildman–Crippen MR) is 82.5 cm³/mol. The molecule has 1 saturated heterocycles. The fraction of sp³-hybridized carbons (Fsp3) is 0.467. The van der Waals surface area contributed by atoms with Crippen molar-refractivity contribution in [2.75, 3.05) is 24.5 Å². The van der Waals surface area contributed by atoms with Crippen LogP contribution in [0.1, 0.15) is 25.3 Å². The fourth-order valence-electron chi connectivity index (χ4n) is 2.61. The van der Waals surface area contributed by atoms with Gasteiger partial charge in [0.2, 0.25) is 5.91 Å². The highest BCUT2D eigenvalue weighted by atomic mass is 79.9. The minimum atomic E-state index is 0.0171. The van der Waals surface area contributed by atoms with Gasteiger partial charge >= 0.3 is 0 Å². The van der Waals surface area contributed by atoms with E-state index in [2.05, 4.69) is 32.2 Å². The van der Waals surface area contributed by atoms with Gasteiger partial charge in [-0.05, 0) is 37.0 Å². The largest absolute Gasteiger partial charge is 0.370 e. The van der Waals surface area contributed by atoms with Gasteiger partial charge in [0, 0.05) is 31.0 Å².